The molecule has 94 valence electrons. The fourth-order valence-electron chi connectivity index (χ4n) is 3.01. The molecule has 3 nitrogen and oxygen atoms in total. The van der Waals surface area contributed by atoms with Crippen molar-refractivity contribution in [3.05, 3.63) is 12.7 Å². The van der Waals surface area contributed by atoms with Crippen molar-refractivity contribution in [1.29, 1.82) is 0 Å². The Balaban J connectivity index is 2.09. The molecule has 1 saturated heterocycles. The molecule has 2 rings (SSSR count). The number of rotatable bonds is 3. The van der Waals surface area contributed by atoms with Gasteiger partial charge in [0.25, 0.3) is 0 Å². The summed E-state index contributed by atoms with van der Waals surface area (Å²) in [6.07, 6.45) is 6.84. The van der Waals surface area contributed by atoms with E-state index in [1.807, 2.05) is 0 Å². The Hall–Kier alpha value is -1.12. The van der Waals surface area contributed by atoms with Gasteiger partial charge in [-0.3, -0.25) is 14.5 Å². The van der Waals surface area contributed by atoms with Crippen molar-refractivity contribution < 1.29 is 9.59 Å². The highest BCUT2D eigenvalue weighted by Crippen LogP contribution is 2.46. The number of likely N-dealkylation sites (tertiary alicyclic amines) is 1. The average molecular weight is 235 g/mol. The van der Waals surface area contributed by atoms with Gasteiger partial charge >= 0.3 is 0 Å². The van der Waals surface area contributed by atoms with Crippen LogP contribution in [-0.4, -0.2) is 23.3 Å². The van der Waals surface area contributed by atoms with Gasteiger partial charge in [-0.05, 0) is 38.0 Å². The summed E-state index contributed by atoms with van der Waals surface area (Å²) in [5.74, 6) is 0.799. The summed E-state index contributed by atoms with van der Waals surface area (Å²) in [4.78, 5) is 25.7. The van der Waals surface area contributed by atoms with Gasteiger partial charge in [-0.2, -0.15) is 0 Å². The zero-order valence-corrected chi connectivity index (χ0v) is 10.6. The van der Waals surface area contributed by atoms with E-state index in [0.717, 1.165) is 25.7 Å². The molecule has 0 aromatic carbocycles. The van der Waals surface area contributed by atoms with E-state index in [-0.39, 0.29) is 17.2 Å². The first-order valence-corrected chi connectivity index (χ1v) is 6.55. The molecule has 1 saturated carbocycles. The van der Waals surface area contributed by atoms with E-state index < -0.39 is 0 Å². The Morgan fingerprint density at radius 2 is 2.06 bits per heavy atom. The fourth-order valence-corrected chi connectivity index (χ4v) is 3.01. The summed E-state index contributed by atoms with van der Waals surface area (Å²) >= 11 is 0. The lowest BCUT2D eigenvalue weighted by molar-refractivity contribution is -0.142. The van der Waals surface area contributed by atoms with Gasteiger partial charge in [0.1, 0.15) is 0 Å². The molecule has 17 heavy (non-hydrogen) atoms. The summed E-state index contributed by atoms with van der Waals surface area (Å²) in [5, 5.41) is 0. The Morgan fingerprint density at radius 1 is 1.41 bits per heavy atom. The van der Waals surface area contributed by atoms with Gasteiger partial charge in [-0.25, -0.2) is 0 Å². The number of imide groups is 1. The Bertz CT molecular complexity index is 340. The van der Waals surface area contributed by atoms with Crippen LogP contribution in [0.3, 0.4) is 0 Å². The van der Waals surface area contributed by atoms with Crippen molar-refractivity contribution in [2.45, 2.75) is 45.4 Å². The first-order valence-electron chi connectivity index (χ1n) is 6.55. The standard InChI is InChI=1S/C14H21NO2/c1-3-4-9-15-12(16)10-14(13(15)17)7-5-11(2)6-8-14/h3,11H,1,4-10H2,2H3. The number of nitrogens with zero attached hydrogens (tertiary/aromatic N) is 1. The maximum absolute atomic E-state index is 12.4. The zero-order chi connectivity index (χ0) is 12.5. The lowest BCUT2D eigenvalue weighted by Crippen LogP contribution is -2.38. The lowest BCUT2D eigenvalue weighted by Gasteiger charge is -2.33. The van der Waals surface area contributed by atoms with E-state index in [4.69, 9.17) is 0 Å². The highest BCUT2D eigenvalue weighted by molar-refractivity contribution is 6.05. The SMILES string of the molecule is C=CCCN1C(=O)CC2(CCC(C)CC2)C1=O. The second kappa shape index (κ2) is 4.63. The predicted molar refractivity (Wildman–Crippen MR) is 66.2 cm³/mol. The molecule has 1 aliphatic heterocycles. The molecule has 0 atom stereocenters. The zero-order valence-electron chi connectivity index (χ0n) is 10.6. The molecule has 0 aromatic rings. The van der Waals surface area contributed by atoms with Crippen molar-refractivity contribution in [3.63, 3.8) is 0 Å². The predicted octanol–water partition coefficient (Wildman–Crippen LogP) is 2.52. The van der Waals surface area contributed by atoms with E-state index >= 15 is 0 Å². The topological polar surface area (TPSA) is 37.4 Å². The van der Waals surface area contributed by atoms with Gasteiger partial charge in [-0.15, -0.1) is 6.58 Å². The number of amides is 2. The van der Waals surface area contributed by atoms with Crippen molar-refractivity contribution in [3.8, 4) is 0 Å². The second-order valence-corrected chi connectivity index (χ2v) is 5.57. The van der Waals surface area contributed by atoms with Crippen LogP contribution in [-0.2, 0) is 9.59 Å². The van der Waals surface area contributed by atoms with Gasteiger partial charge in [0.2, 0.25) is 11.8 Å². The molecule has 0 N–H and O–H groups in total. The van der Waals surface area contributed by atoms with Crippen LogP contribution in [0.2, 0.25) is 0 Å². The van der Waals surface area contributed by atoms with Gasteiger partial charge in [-0.1, -0.05) is 13.0 Å². The lowest BCUT2D eigenvalue weighted by atomic mass is 9.70. The molecular formula is C14H21NO2. The van der Waals surface area contributed by atoms with Crippen molar-refractivity contribution in [2.75, 3.05) is 6.54 Å². The van der Waals surface area contributed by atoms with Gasteiger partial charge in [0, 0.05) is 13.0 Å². The van der Waals surface area contributed by atoms with Gasteiger partial charge < -0.3 is 0 Å². The monoisotopic (exact) mass is 235 g/mol. The van der Waals surface area contributed by atoms with Crippen LogP contribution in [0.1, 0.15) is 45.4 Å². The maximum atomic E-state index is 12.4. The highest BCUT2D eigenvalue weighted by atomic mass is 16.2. The molecule has 0 bridgehead atoms. The minimum atomic E-state index is -0.342. The van der Waals surface area contributed by atoms with Crippen LogP contribution in [0.4, 0.5) is 0 Å². The van der Waals surface area contributed by atoms with Crippen LogP contribution in [0, 0.1) is 11.3 Å². The van der Waals surface area contributed by atoms with Crippen molar-refractivity contribution in [2.24, 2.45) is 11.3 Å². The third kappa shape index (κ3) is 2.15. The normalized spacial score (nSPS) is 33.5. The molecule has 2 amide bonds. The van der Waals surface area contributed by atoms with E-state index in [1.54, 1.807) is 6.08 Å². The Kier molecular flexibility index (Phi) is 3.36. The molecule has 0 unspecified atom stereocenters. The van der Waals surface area contributed by atoms with Crippen LogP contribution in [0.5, 0.6) is 0 Å². The van der Waals surface area contributed by atoms with Crippen LogP contribution < -0.4 is 0 Å². The first-order chi connectivity index (χ1) is 8.09. The number of hydrogen-bond acceptors (Lipinski definition) is 2. The largest absolute Gasteiger partial charge is 0.282 e. The van der Waals surface area contributed by atoms with Gasteiger partial charge in [0.05, 0.1) is 5.41 Å². The molecule has 1 aliphatic carbocycles. The third-order valence-electron chi connectivity index (χ3n) is 4.28. The summed E-state index contributed by atoms with van der Waals surface area (Å²) in [5.41, 5.74) is -0.342. The number of carbonyl (C=O) groups is 2. The summed E-state index contributed by atoms with van der Waals surface area (Å²) < 4.78 is 0. The van der Waals surface area contributed by atoms with E-state index in [2.05, 4.69) is 13.5 Å². The van der Waals surface area contributed by atoms with E-state index in [1.165, 1.54) is 4.90 Å². The molecule has 2 aliphatic rings. The molecular weight excluding hydrogens is 214 g/mol. The minimum Gasteiger partial charge on any atom is -0.282 e. The number of carbonyl (C=O) groups excluding carboxylic acids is 2. The van der Waals surface area contributed by atoms with Crippen LogP contribution in [0.15, 0.2) is 12.7 Å². The minimum absolute atomic E-state index is 0.0198. The smallest absolute Gasteiger partial charge is 0.235 e. The molecule has 2 fully saturated rings. The van der Waals surface area contributed by atoms with E-state index in [0.29, 0.717) is 25.3 Å². The molecule has 0 aromatic heterocycles. The average Bonchev–Trinajstić information content (AvgIpc) is 2.54. The molecule has 3 heteroatoms. The Morgan fingerprint density at radius 3 is 2.65 bits per heavy atom. The van der Waals surface area contributed by atoms with E-state index in [9.17, 15) is 9.59 Å². The second-order valence-electron chi connectivity index (χ2n) is 5.57. The summed E-state index contributed by atoms with van der Waals surface area (Å²) in [7, 11) is 0. The summed E-state index contributed by atoms with van der Waals surface area (Å²) in [6.45, 7) is 6.37. The maximum Gasteiger partial charge on any atom is 0.235 e. The third-order valence-corrected chi connectivity index (χ3v) is 4.28. The van der Waals surface area contributed by atoms with Crippen molar-refractivity contribution >= 4 is 11.8 Å². The Labute approximate surface area is 103 Å². The van der Waals surface area contributed by atoms with Gasteiger partial charge in [0.15, 0.2) is 0 Å². The fraction of sp³-hybridized carbons (Fsp3) is 0.714. The molecule has 1 spiro atoms. The highest BCUT2D eigenvalue weighted by Gasteiger charge is 2.51. The first kappa shape index (κ1) is 12.3. The number of hydrogen-bond donors (Lipinski definition) is 0. The van der Waals surface area contributed by atoms with Crippen LogP contribution in [0.25, 0.3) is 0 Å². The van der Waals surface area contributed by atoms with Crippen molar-refractivity contribution in [1.82, 2.24) is 4.90 Å². The van der Waals surface area contributed by atoms with Crippen LogP contribution >= 0.6 is 0 Å². The quantitative estimate of drug-likeness (QED) is 0.557. The summed E-state index contributed by atoms with van der Waals surface area (Å²) in [6, 6.07) is 0. The molecule has 1 heterocycles. The molecule has 0 radical (unpaired) electrons.